The minimum absolute atomic E-state index is 1.14. The maximum atomic E-state index is 12.2. The average molecular weight is 537 g/mol. The monoisotopic (exact) mass is 536 g/mol. The number of unbranched alkanes of at least 4 members (excludes halogenated alkanes) is 6. The Balaban J connectivity index is 0.000000641. The van der Waals surface area contributed by atoms with Gasteiger partial charge in [0.15, 0.2) is 10.1 Å². The van der Waals surface area contributed by atoms with Gasteiger partial charge in [-0.1, -0.05) is 46.0 Å². The van der Waals surface area contributed by atoms with Crippen LogP contribution in [0.4, 0.5) is 39.5 Å². The third-order valence-electron chi connectivity index (χ3n) is 4.68. The van der Waals surface area contributed by atoms with Crippen molar-refractivity contribution in [3.8, 4) is 0 Å². The standard InChI is InChI=1S/C15H29N2.C4HF9O3S/c1-3-5-6-7-8-9-10-12-17-14-13-16(15-17)11-4-2;5-1(6,3(9,10)11)2(7,8)4(12,13)17(14,15)16/h13-15H,3-12H2,1-2H3;(H,14,15,16)/q+1;/p-1. The average Bonchev–Trinajstić information content (AvgIpc) is 3.13. The van der Waals surface area contributed by atoms with Crippen LogP contribution in [0.3, 0.4) is 0 Å². The van der Waals surface area contributed by atoms with E-state index in [0.717, 1.165) is 6.54 Å². The van der Waals surface area contributed by atoms with E-state index in [1.165, 1.54) is 57.9 Å². The maximum Gasteiger partial charge on any atom is 0.460 e. The van der Waals surface area contributed by atoms with Crippen molar-refractivity contribution in [3.63, 3.8) is 0 Å². The summed E-state index contributed by atoms with van der Waals surface area (Å²) in [6.07, 6.45) is 10.4. The van der Waals surface area contributed by atoms with Gasteiger partial charge in [0.05, 0.1) is 13.1 Å². The van der Waals surface area contributed by atoms with Crippen LogP contribution in [-0.4, -0.2) is 40.8 Å². The Kier molecular flexibility index (Phi) is 12.4. The number of hydrogen-bond acceptors (Lipinski definition) is 3. The van der Waals surface area contributed by atoms with E-state index in [-0.39, 0.29) is 0 Å². The number of alkyl halides is 9. The van der Waals surface area contributed by atoms with Gasteiger partial charge in [-0.2, -0.15) is 39.5 Å². The Hall–Kier alpha value is -1.51. The van der Waals surface area contributed by atoms with Crippen molar-refractivity contribution in [2.45, 2.75) is 102 Å². The van der Waals surface area contributed by atoms with Gasteiger partial charge < -0.3 is 4.55 Å². The quantitative estimate of drug-likeness (QED) is 0.137. The Labute approximate surface area is 192 Å². The second-order valence-electron chi connectivity index (χ2n) is 7.63. The molecule has 0 saturated carbocycles. The molecule has 0 N–H and O–H groups in total. The first-order chi connectivity index (χ1) is 15.4. The van der Waals surface area contributed by atoms with Crippen LogP contribution in [0.2, 0.25) is 0 Å². The number of halogens is 9. The van der Waals surface area contributed by atoms with Gasteiger partial charge in [0.2, 0.25) is 6.33 Å². The highest BCUT2D eigenvalue weighted by molar-refractivity contribution is 7.86. The molecule has 0 radical (unpaired) electrons. The molecule has 1 heterocycles. The number of nitrogens with zero attached hydrogens (tertiary/aromatic N) is 2. The Morgan fingerprint density at radius 3 is 1.74 bits per heavy atom. The summed E-state index contributed by atoms with van der Waals surface area (Å²) in [6.45, 7) is 6.83. The normalized spacial score (nSPS) is 13.5. The molecule has 0 aliphatic rings. The topological polar surface area (TPSA) is 66.0 Å². The molecule has 1 aromatic heterocycles. The van der Waals surface area contributed by atoms with Crippen molar-refractivity contribution >= 4 is 10.1 Å². The van der Waals surface area contributed by atoms with Crippen molar-refractivity contribution in [3.05, 3.63) is 18.7 Å². The van der Waals surface area contributed by atoms with Crippen molar-refractivity contribution in [2.24, 2.45) is 0 Å². The SMILES string of the molecule is CCCCCCCCCn1cc[n+](CCC)c1.O=S(=O)([O-])C(F)(F)C(F)(F)C(F)(F)C(F)(F)F. The lowest BCUT2D eigenvalue weighted by Gasteiger charge is -2.34. The zero-order valence-electron chi connectivity index (χ0n) is 18.7. The summed E-state index contributed by atoms with van der Waals surface area (Å²) in [5.41, 5.74) is 0. The summed E-state index contributed by atoms with van der Waals surface area (Å²) in [7, 11) is -7.42. The fourth-order valence-electron chi connectivity index (χ4n) is 2.73. The first kappa shape index (κ1) is 32.5. The molecule has 0 saturated heterocycles. The number of aryl methyl sites for hydroxylation is 2. The molecule has 202 valence electrons. The molecule has 0 aliphatic carbocycles. The molecule has 5 nitrogen and oxygen atoms in total. The van der Waals surface area contributed by atoms with E-state index in [1.54, 1.807) is 0 Å². The van der Waals surface area contributed by atoms with Crippen LogP contribution in [0, 0.1) is 0 Å². The molecule has 1 rings (SSSR count). The zero-order chi connectivity index (χ0) is 26.8. The molecule has 0 aromatic carbocycles. The van der Waals surface area contributed by atoms with Gasteiger partial charge in [0.1, 0.15) is 12.4 Å². The van der Waals surface area contributed by atoms with Gasteiger partial charge in [0, 0.05) is 0 Å². The molecule has 0 spiro atoms. The predicted octanol–water partition coefficient (Wildman–Crippen LogP) is 5.89. The molecule has 0 atom stereocenters. The van der Waals surface area contributed by atoms with Crippen molar-refractivity contribution in [1.82, 2.24) is 4.57 Å². The van der Waals surface area contributed by atoms with E-state index in [1.807, 2.05) is 0 Å². The highest BCUT2D eigenvalue weighted by Gasteiger charge is 2.83. The van der Waals surface area contributed by atoms with Crippen LogP contribution in [0.25, 0.3) is 0 Å². The first-order valence-electron chi connectivity index (χ1n) is 10.6. The second kappa shape index (κ2) is 13.0. The van der Waals surface area contributed by atoms with E-state index >= 15 is 0 Å². The van der Waals surface area contributed by atoms with Crippen LogP contribution in [0.1, 0.15) is 65.2 Å². The van der Waals surface area contributed by atoms with Gasteiger partial charge in [-0.15, -0.1) is 0 Å². The van der Waals surface area contributed by atoms with Gasteiger partial charge in [0.25, 0.3) is 0 Å². The fourth-order valence-corrected chi connectivity index (χ4v) is 3.17. The largest absolute Gasteiger partial charge is 0.743 e. The van der Waals surface area contributed by atoms with Gasteiger partial charge in [-0.3, -0.25) is 0 Å². The van der Waals surface area contributed by atoms with Crippen LogP contribution in [-0.2, 0) is 23.2 Å². The fraction of sp³-hybridized carbons (Fsp3) is 0.842. The number of aromatic nitrogens is 2. The lowest BCUT2D eigenvalue weighted by atomic mass is 10.1. The third kappa shape index (κ3) is 8.61. The summed E-state index contributed by atoms with van der Waals surface area (Å²) >= 11 is 0. The van der Waals surface area contributed by atoms with Gasteiger partial charge in [-0.05, 0) is 19.3 Å². The molecule has 0 fully saturated rings. The van der Waals surface area contributed by atoms with E-state index < -0.39 is 33.4 Å². The van der Waals surface area contributed by atoms with Crippen molar-refractivity contribution in [1.29, 1.82) is 0 Å². The third-order valence-corrected chi connectivity index (χ3v) is 5.56. The summed E-state index contributed by atoms with van der Waals surface area (Å²) in [6, 6.07) is 0. The minimum Gasteiger partial charge on any atom is -0.743 e. The van der Waals surface area contributed by atoms with Crippen LogP contribution >= 0.6 is 0 Å². The molecule has 0 amide bonds. The van der Waals surface area contributed by atoms with Gasteiger partial charge >= 0.3 is 23.3 Å². The number of rotatable bonds is 13. The summed E-state index contributed by atoms with van der Waals surface area (Å²) in [5.74, 6) is -14.8. The summed E-state index contributed by atoms with van der Waals surface area (Å²) in [5, 5.41) is -7.11. The van der Waals surface area contributed by atoms with E-state index in [4.69, 9.17) is 0 Å². The number of imidazole rings is 1. The second-order valence-corrected chi connectivity index (χ2v) is 9.05. The lowest BCUT2D eigenvalue weighted by Crippen LogP contribution is -2.63. The molecular formula is C19H29F9N2O3S. The Bertz CT molecular complexity index is 825. The highest BCUT2D eigenvalue weighted by Crippen LogP contribution is 2.54. The molecule has 1 aromatic rings. The maximum absolute atomic E-state index is 12.2. The summed E-state index contributed by atoms with van der Waals surface area (Å²) in [4.78, 5) is 0. The molecular weight excluding hydrogens is 507 g/mol. The predicted molar refractivity (Wildman–Crippen MR) is 104 cm³/mol. The number of hydrogen-bond donors (Lipinski definition) is 0. The Morgan fingerprint density at radius 1 is 0.794 bits per heavy atom. The zero-order valence-corrected chi connectivity index (χ0v) is 19.5. The van der Waals surface area contributed by atoms with Crippen molar-refractivity contribution < 1.29 is 57.1 Å². The van der Waals surface area contributed by atoms with Crippen LogP contribution in [0.5, 0.6) is 0 Å². The molecule has 15 heteroatoms. The van der Waals surface area contributed by atoms with E-state index in [2.05, 4.69) is 41.7 Å². The smallest absolute Gasteiger partial charge is 0.460 e. The minimum atomic E-state index is -7.43. The highest BCUT2D eigenvalue weighted by atomic mass is 32.2. The van der Waals surface area contributed by atoms with Crippen LogP contribution < -0.4 is 4.57 Å². The van der Waals surface area contributed by atoms with E-state index in [9.17, 15) is 52.5 Å². The molecule has 0 unspecified atom stereocenters. The molecule has 0 bridgehead atoms. The first-order valence-corrected chi connectivity index (χ1v) is 12.0. The van der Waals surface area contributed by atoms with Gasteiger partial charge in [-0.25, -0.2) is 17.6 Å². The Morgan fingerprint density at radius 2 is 1.29 bits per heavy atom. The molecule has 0 aliphatic heterocycles. The molecule has 34 heavy (non-hydrogen) atoms. The van der Waals surface area contributed by atoms with Crippen LogP contribution in [0.15, 0.2) is 18.7 Å². The van der Waals surface area contributed by atoms with E-state index in [0.29, 0.717) is 0 Å². The lowest BCUT2D eigenvalue weighted by molar-refractivity contribution is -0.696. The van der Waals surface area contributed by atoms with Crippen molar-refractivity contribution in [2.75, 3.05) is 0 Å². The summed E-state index contributed by atoms with van der Waals surface area (Å²) < 4.78 is 140.